The standard InChI is InChI=1S/C20H29N3O5/c1-27-14-20(26)23(16-6-4-3-5-7-16)13-19(25)21-12-18(24)22-15-8-10-17(28-2)11-9-15/h8-11,16H,3-7,12-14H2,1-2H3,(H,21,25)(H,22,24). The van der Waals surface area contributed by atoms with E-state index < -0.39 is 0 Å². The summed E-state index contributed by atoms with van der Waals surface area (Å²) in [6.45, 7) is -0.285. The molecule has 2 rings (SSSR count). The third-order valence-electron chi connectivity index (χ3n) is 4.74. The maximum absolute atomic E-state index is 12.3. The van der Waals surface area contributed by atoms with Crippen LogP contribution in [-0.2, 0) is 19.1 Å². The largest absolute Gasteiger partial charge is 0.497 e. The molecule has 0 atom stereocenters. The number of carbonyl (C=O) groups is 3. The van der Waals surface area contributed by atoms with Gasteiger partial charge in [-0.1, -0.05) is 19.3 Å². The molecule has 0 heterocycles. The molecular formula is C20H29N3O5. The van der Waals surface area contributed by atoms with Crippen LogP contribution in [-0.4, -0.2) is 62.6 Å². The normalized spacial score (nSPS) is 14.2. The molecule has 1 fully saturated rings. The van der Waals surface area contributed by atoms with E-state index in [1.54, 1.807) is 36.3 Å². The van der Waals surface area contributed by atoms with Crippen LogP contribution in [0.25, 0.3) is 0 Å². The van der Waals surface area contributed by atoms with Crippen molar-refractivity contribution in [3.63, 3.8) is 0 Å². The molecule has 2 N–H and O–H groups in total. The van der Waals surface area contributed by atoms with Gasteiger partial charge >= 0.3 is 0 Å². The Labute approximate surface area is 165 Å². The summed E-state index contributed by atoms with van der Waals surface area (Å²) < 4.78 is 10.0. The van der Waals surface area contributed by atoms with E-state index in [-0.39, 0.29) is 43.5 Å². The second-order valence-corrected chi connectivity index (χ2v) is 6.80. The minimum Gasteiger partial charge on any atom is -0.497 e. The summed E-state index contributed by atoms with van der Waals surface area (Å²) in [5.41, 5.74) is 0.610. The molecular weight excluding hydrogens is 362 g/mol. The Morgan fingerprint density at radius 1 is 1.04 bits per heavy atom. The van der Waals surface area contributed by atoms with Crippen LogP contribution in [0.4, 0.5) is 5.69 Å². The summed E-state index contributed by atoms with van der Waals surface area (Å²) in [4.78, 5) is 38.3. The van der Waals surface area contributed by atoms with E-state index in [4.69, 9.17) is 9.47 Å². The minimum absolute atomic E-state index is 0.0512. The fourth-order valence-corrected chi connectivity index (χ4v) is 3.29. The van der Waals surface area contributed by atoms with Gasteiger partial charge in [-0.3, -0.25) is 14.4 Å². The molecule has 1 aromatic carbocycles. The van der Waals surface area contributed by atoms with Gasteiger partial charge in [-0.05, 0) is 37.1 Å². The predicted octanol–water partition coefficient (Wildman–Crippen LogP) is 1.56. The van der Waals surface area contributed by atoms with Crippen LogP contribution in [0.5, 0.6) is 5.75 Å². The van der Waals surface area contributed by atoms with Crippen molar-refractivity contribution < 1.29 is 23.9 Å². The zero-order chi connectivity index (χ0) is 20.4. The van der Waals surface area contributed by atoms with Crippen molar-refractivity contribution in [2.24, 2.45) is 0 Å². The van der Waals surface area contributed by atoms with Crippen LogP contribution in [0.2, 0.25) is 0 Å². The molecule has 0 unspecified atom stereocenters. The van der Waals surface area contributed by atoms with E-state index in [1.165, 1.54) is 7.11 Å². The first-order chi connectivity index (χ1) is 13.5. The Morgan fingerprint density at radius 3 is 2.32 bits per heavy atom. The smallest absolute Gasteiger partial charge is 0.249 e. The summed E-state index contributed by atoms with van der Waals surface area (Å²) in [6.07, 6.45) is 5.03. The van der Waals surface area contributed by atoms with Crippen molar-refractivity contribution in [1.82, 2.24) is 10.2 Å². The minimum atomic E-state index is -0.361. The van der Waals surface area contributed by atoms with E-state index in [2.05, 4.69) is 10.6 Å². The van der Waals surface area contributed by atoms with Gasteiger partial charge in [0.05, 0.1) is 20.2 Å². The quantitative estimate of drug-likeness (QED) is 0.666. The van der Waals surface area contributed by atoms with Gasteiger partial charge < -0.3 is 25.0 Å². The van der Waals surface area contributed by atoms with Crippen LogP contribution in [0.3, 0.4) is 0 Å². The van der Waals surface area contributed by atoms with Crippen LogP contribution in [0, 0.1) is 0 Å². The second-order valence-electron chi connectivity index (χ2n) is 6.80. The lowest BCUT2D eigenvalue weighted by atomic mass is 9.94. The molecule has 1 aliphatic carbocycles. The van der Waals surface area contributed by atoms with Crippen molar-refractivity contribution in [3.05, 3.63) is 24.3 Å². The summed E-state index contributed by atoms with van der Waals surface area (Å²) in [5.74, 6) is -0.215. The average Bonchev–Trinajstić information content (AvgIpc) is 2.72. The maximum Gasteiger partial charge on any atom is 0.249 e. The lowest BCUT2D eigenvalue weighted by molar-refractivity contribution is -0.142. The summed E-state index contributed by atoms with van der Waals surface area (Å²) in [7, 11) is 3.03. The van der Waals surface area contributed by atoms with Gasteiger partial charge in [0.15, 0.2) is 0 Å². The molecule has 0 saturated heterocycles. The first-order valence-corrected chi connectivity index (χ1v) is 9.52. The number of methoxy groups -OCH3 is 2. The van der Waals surface area contributed by atoms with Crippen LogP contribution in [0.1, 0.15) is 32.1 Å². The highest BCUT2D eigenvalue weighted by Crippen LogP contribution is 2.22. The Morgan fingerprint density at radius 2 is 1.71 bits per heavy atom. The number of amides is 3. The van der Waals surface area contributed by atoms with Gasteiger partial charge in [0, 0.05) is 18.8 Å². The number of benzene rings is 1. The van der Waals surface area contributed by atoms with Crippen LogP contribution < -0.4 is 15.4 Å². The van der Waals surface area contributed by atoms with Crippen molar-refractivity contribution in [2.75, 3.05) is 39.2 Å². The van der Waals surface area contributed by atoms with Crippen molar-refractivity contribution >= 4 is 23.4 Å². The zero-order valence-electron chi connectivity index (χ0n) is 16.5. The summed E-state index contributed by atoms with van der Waals surface area (Å²) >= 11 is 0. The molecule has 8 heteroatoms. The van der Waals surface area contributed by atoms with E-state index in [0.29, 0.717) is 11.4 Å². The number of anilines is 1. The number of nitrogens with one attached hydrogen (secondary N) is 2. The highest BCUT2D eigenvalue weighted by molar-refractivity contribution is 5.95. The number of nitrogens with zero attached hydrogens (tertiary/aromatic N) is 1. The van der Waals surface area contributed by atoms with Crippen LogP contribution >= 0.6 is 0 Å². The Bertz CT molecular complexity index is 656. The van der Waals surface area contributed by atoms with E-state index >= 15 is 0 Å². The molecule has 0 aliphatic heterocycles. The lowest BCUT2D eigenvalue weighted by Gasteiger charge is -2.33. The van der Waals surface area contributed by atoms with Gasteiger partial charge in [0.2, 0.25) is 17.7 Å². The topological polar surface area (TPSA) is 97.0 Å². The van der Waals surface area contributed by atoms with Gasteiger partial charge in [-0.15, -0.1) is 0 Å². The van der Waals surface area contributed by atoms with E-state index in [9.17, 15) is 14.4 Å². The highest BCUT2D eigenvalue weighted by atomic mass is 16.5. The van der Waals surface area contributed by atoms with Crippen LogP contribution in [0.15, 0.2) is 24.3 Å². The van der Waals surface area contributed by atoms with Crippen molar-refractivity contribution in [2.45, 2.75) is 38.1 Å². The fourth-order valence-electron chi connectivity index (χ4n) is 3.29. The number of rotatable bonds is 9. The Balaban J connectivity index is 1.83. The third-order valence-corrected chi connectivity index (χ3v) is 4.74. The Hall–Kier alpha value is -2.61. The molecule has 1 aromatic rings. The highest BCUT2D eigenvalue weighted by Gasteiger charge is 2.27. The first kappa shape index (κ1) is 21.7. The molecule has 28 heavy (non-hydrogen) atoms. The van der Waals surface area contributed by atoms with Gasteiger partial charge in [-0.2, -0.15) is 0 Å². The number of carbonyl (C=O) groups excluding carboxylic acids is 3. The van der Waals surface area contributed by atoms with Crippen molar-refractivity contribution in [1.29, 1.82) is 0 Å². The molecule has 0 aromatic heterocycles. The number of ether oxygens (including phenoxy) is 2. The lowest BCUT2D eigenvalue weighted by Crippen LogP contribution is -2.49. The molecule has 154 valence electrons. The van der Waals surface area contributed by atoms with Crippen molar-refractivity contribution in [3.8, 4) is 5.75 Å². The third kappa shape index (κ3) is 6.84. The number of hydrogen-bond acceptors (Lipinski definition) is 5. The molecule has 8 nitrogen and oxygen atoms in total. The predicted molar refractivity (Wildman–Crippen MR) is 105 cm³/mol. The zero-order valence-corrected chi connectivity index (χ0v) is 16.5. The molecule has 3 amide bonds. The SMILES string of the molecule is COCC(=O)N(CC(=O)NCC(=O)Nc1ccc(OC)cc1)C1CCCCC1. The summed E-state index contributed by atoms with van der Waals surface area (Å²) in [5, 5.41) is 5.28. The van der Waals surface area contributed by atoms with E-state index in [0.717, 1.165) is 32.1 Å². The first-order valence-electron chi connectivity index (χ1n) is 9.52. The van der Waals surface area contributed by atoms with E-state index in [1.807, 2.05) is 0 Å². The monoisotopic (exact) mass is 391 g/mol. The molecule has 1 saturated carbocycles. The van der Waals surface area contributed by atoms with Gasteiger partial charge in [-0.25, -0.2) is 0 Å². The number of hydrogen-bond donors (Lipinski definition) is 2. The molecule has 1 aliphatic rings. The maximum atomic E-state index is 12.3. The molecule has 0 bridgehead atoms. The van der Waals surface area contributed by atoms with Gasteiger partial charge in [0.25, 0.3) is 0 Å². The molecule has 0 radical (unpaired) electrons. The molecule has 0 spiro atoms. The fraction of sp³-hybridized carbons (Fsp3) is 0.550. The summed E-state index contributed by atoms with van der Waals surface area (Å²) in [6, 6.07) is 6.95. The van der Waals surface area contributed by atoms with Gasteiger partial charge in [0.1, 0.15) is 12.4 Å². The average molecular weight is 391 g/mol. The Kier molecular flexibility index (Phi) is 8.74. The second kappa shape index (κ2) is 11.3.